The monoisotopic (exact) mass is 552 g/mol. The largest absolute Gasteiger partial charge is 0.374 e. The fraction of sp³-hybridized carbons (Fsp3) is 0.440. The topological polar surface area (TPSA) is 66.0 Å². The Labute approximate surface area is 209 Å². The summed E-state index contributed by atoms with van der Waals surface area (Å²) in [4.78, 5) is 18.4. The zero-order valence-corrected chi connectivity index (χ0v) is 22.0. The number of nitrogens with one attached hydrogen (secondary N) is 2. The SMILES string of the molecule is CCNC(=NCCCOC(C)c1ccccc1)NCCc1cccc(C(=O)N(C)C)c1.I. The Morgan fingerprint density at radius 3 is 2.53 bits per heavy atom. The van der Waals surface area contributed by atoms with Gasteiger partial charge in [0.1, 0.15) is 0 Å². The molecule has 2 aromatic rings. The number of carbonyl (C=O) groups is 1. The zero-order chi connectivity index (χ0) is 22.5. The summed E-state index contributed by atoms with van der Waals surface area (Å²) >= 11 is 0. The lowest BCUT2D eigenvalue weighted by molar-refractivity contribution is 0.0652. The number of nitrogens with zero attached hydrogens (tertiary/aromatic N) is 2. The second-order valence-electron chi connectivity index (χ2n) is 7.61. The van der Waals surface area contributed by atoms with Crippen LogP contribution in [-0.4, -0.2) is 57.1 Å². The molecule has 1 amide bonds. The normalized spacial score (nSPS) is 11.9. The van der Waals surface area contributed by atoms with Gasteiger partial charge < -0.3 is 20.3 Å². The molecule has 0 heterocycles. The van der Waals surface area contributed by atoms with Crippen LogP contribution in [-0.2, 0) is 11.2 Å². The molecule has 0 radical (unpaired) electrons. The molecule has 1 atom stereocenters. The van der Waals surface area contributed by atoms with Crippen LogP contribution in [0.4, 0.5) is 0 Å². The first-order valence-electron chi connectivity index (χ1n) is 11.0. The van der Waals surface area contributed by atoms with Crippen LogP contribution in [0.3, 0.4) is 0 Å². The Bertz CT molecular complexity index is 828. The summed E-state index contributed by atoms with van der Waals surface area (Å²) < 4.78 is 5.92. The maximum atomic E-state index is 12.1. The summed E-state index contributed by atoms with van der Waals surface area (Å²) in [6, 6.07) is 18.0. The Morgan fingerprint density at radius 1 is 1.09 bits per heavy atom. The average molecular weight is 553 g/mol. The Kier molecular flexibility index (Phi) is 13.6. The van der Waals surface area contributed by atoms with E-state index in [0.717, 1.165) is 37.5 Å². The van der Waals surface area contributed by atoms with E-state index in [-0.39, 0.29) is 36.0 Å². The van der Waals surface area contributed by atoms with Crippen molar-refractivity contribution in [3.63, 3.8) is 0 Å². The number of hydrogen-bond donors (Lipinski definition) is 2. The number of ether oxygens (including phenoxy) is 1. The fourth-order valence-corrected chi connectivity index (χ4v) is 3.12. The van der Waals surface area contributed by atoms with Crippen LogP contribution in [0.1, 0.15) is 47.9 Å². The Morgan fingerprint density at radius 2 is 1.84 bits per heavy atom. The molecule has 2 N–H and O–H groups in total. The standard InChI is InChI=1S/C25H36N4O2.HI/c1-5-26-25(27-16-10-18-31-20(2)22-12-7-6-8-13-22)28-17-15-21-11-9-14-23(19-21)24(30)29(3)4;/h6-9,11-14,19-20H,5,10,15-18H2,1-4H3,(H2,26,27,28);1H. The van der Waals surface area contributed by atoms with Crippen molar-refractivity contribution >= 4 is 35.8 Å². The molecule has 2 aromatic carbocycles. The van der Waals surface area contributed by atoms with Crippen molar-refractivity contribution < 1.29 is 9.53 Å². The quantitative estimate of drug-likeness (QED) is 0.189. The molecule has 0 aliphatic rings. The molecule has 0 saturated carbocycles. The van der Waals surface area contributed by atoms with Gasteiger partial charge in [0.05, 0.1) is 6.10 Å². The van der Waals surface area contributed by atoms with Gasteiger partial charge in [-0.2, -0.15) is 0 Å². The van der Waals surface area contributed by atoms with E-state index in [1.165, 1.54) is 5.56 Å². The number of amides is 1. The van der Waals surface area contributed by atoms with Crippen LogP contribution in [0.2, 0.25) is 0 Å². The molecule has 0 spiro atoms. The minimum absolute atomic E-state index is 0. The number of carbonyl (C=O) groups excluding carboxylic acids is 1. The number of aliphatic imine (C=N–C) groups is 1. The molecule has 176 valence electrons. The first-order chi connectivity index (χ1) is 15.0. The van der Waals surface area contributed by atoms with Crippen LogP contribution in [0.15, 0.2) is 59.6 Å². The number of hydrogen-bond acceptors (Lipinski definition) is 3. The predicted octanol–water partition coefficient (Wildman–Crippen LogP) is 4.27. The summed E-state index contributed by atoms with van der Waals surface area (Å²) in [7, 11) is 3.53. The summed E-state index contributed by atoms with van der Waals surface area (Å²) in [6.07, 6.45) is 1.77. The highest BCUT2D eigenvalue weighted by Gasteiger charge is 2.08. The molecule has 0 bridgehead atoms. The molecule has 0 aliphatic heterocycles. The smallest absolute Gasteiger partial charge is 0.253 e. The molecule has 7 heteroatoms. The van der Waals surface area contributed by atoms with Gasteiger partial charge in [-0.15, -0.1) is 24.0 Å². The third-order valence-corrected chi connectivity index (χ3v) is 4.84. The fourth-order valence-electron chi connectivity index (χ4n) is 3.12. The van der Waals surface area contributed by atoms with Crippen LogP contribution >= 0.6 is 24.0 Å². The van der Waals surface area contributed by atoms with Gasteiger partial charge in [0.2, 0.25) is 0 Å². The maximum absolute atomic E-state index is 12.1. The third kappa shape index (κ3) is 9.99. The lowest BCUT2D eigenvalue weighted by Gasteiger charge is -2.14. The van der Waals surface area contributed by atoms with Gasteiger partial charge in [0.25, 0.3) is 5.91 Å². The van der Waals surface area contributed by atoms with E-state index in [1.54, 1.807) is 19.0 Å². The van der Waals surface area contributed by atoms with E-state index in [0.29, 0.717) is 18.7 Å². The van der Waals surface area contributed by atoms with Gasteiger partial charge in [0.15, 0.2) is 5.96 Å². The zero-order valence-electron chi connectivity index (χ0n) is 19.6. The molecule has 2 rings (SSSR count). The van der Waals surface area contributed by atoms with Gasteiger partial charge in [-0.1, -0.05) is 42.5 Å². The van der Waals surface area contributed by atoms with Gasteiger partial charge in [-0.3, -0.25) is 9.79 Å². The van der Waals surface area contributed by atoms with Crippen molar-refractivity contribution in [2.24, 2.45) is 4.99 Å². The first kappa shape index (κ1) is 27.9. The van der Waals surface area contributed by atoms with E-state index in [2.05, 4.69) is 41.6 Å². The van der Waals surface area contributed by atoms with Crippen molar-refractivity contribution in [3.8, 4) is 0 Å². The van der Waals surface area contributed by atoms with Crippen molar-refractivity contribution in [2.45, 2.75) is 32.8 Å². The van der Waals surface area contributed by atoms with Gasteiger partial charge in [-0.05, 0) is 49.9 Å². The molecule has 32 heavy (non-hydrogen) atoms. The summed E-state index contributed by atoms with van der Waals surface area (Å²) in [5.74, 6) is 0.827. The lowest BCUT2D eigenvalue weighted by atomic mass is 10.1. The lowest BCUT2D eigenvalue weighted by Crippen LogP contribution is -2.38. The van der Waals surface area contributed by atoms with E-state index in [9.17, 15) is 4.79 Å². The summed E-state index contributed by atoms with van der Waals surface area (Å²) in [5.41, 5.74) is 3.03. The highest BCUT2D eigenvalue weighted by molar-refractivity contribution is 14.0. The van der Waals surface area contributed by atoms with Crippen molar-refractivity contribution in [2.75, 3.05) is 40.3 Å². The van der Waals surface area contributed by atoms with Crippen LogP contribution in [0.5, 0.6) is 0 Å². The van der Waals surface area contributed by atoms with Gasteiger partial charge in [0, 0.05) is 45.9 Å². The summed E-state index contributed by atoms with van der Waals surface area (Å²) in [6.45, 7) is 7.05. The summed E-state index contributed by atoms with van der Waals surface area (Å²) in [5, 5.41) is 6.65. The van der Waals surface area contributed by atoms with E-state index in [4.69, 9.17) is 4.74 Å². The molecule has 0 aliphatic carbocycles. The van der Waals surface area contributed by atoms with Crippen molar-refractivity contribution in [3.05, 3.63) is 71.3 Å². The van der Waals surface area contributed by atoms with E-state index >= 15 is 0 Å². The molecule has 0 fully saturated rings. The van der Waals surface area contributed by atoms with Crippen LogP contribution in [0.25, 0.3) is 0 Å². The van der Waals surface area contributed by atoms with Crippen molar-refractivity contribution in [1.29, 1.82) is 0 Å². The molecule has 0 saturated heterocycles. The van der Waals surface area contributed by atoms with Gasteiger partial charge >= 0.3 is 0 Å². The molecule has 0 aromatic heterocycles. The number of guanidine groups is 1. The highest BCUT2D eigenvalue weighted by atomic mass is 127. The van der Waals surface area contributed by atoms with Crippen LogP contribution < -0.4 is 10.6 Å². The second kappa shape index (κ2) is 15.6. The Balaban J connectivity index is 0.00000512. The molecular formula is C25H37IN4O2. The first-order valence-corrected chi connectivity index (χ1v) is 11.0. The van der Waals surface area contributed by atoms with Gasteiger partial charge in [-0.25, -0.2) is 0 Å². The maximum Gasteiger partial charge on any atom is 0.253 e. The number of benzene rings is 2. The third-order valence-electron chi connectivity index (χ3n) is 4.84. The average Bonchev–Trinajstić information content (AvgIpc) is 2.78. The second-order valence-corrected chi connectivity index (χ2v) is 7.61. The molecular weight excluding hydrogens is 515 g/mol. The Hall–Kier alpha value is -2.13. The minimum atomic E-state index is 0. The minimum Gasteiger partial charge on any atom is -0.374 e. The number of rotatable bonds is 11. The molecule has 1 unspecified atom stereocenters. The van der Waals surface area contributed by atoms with E-state index < -0.39 is 0 Å². The van der Waals surface area contributed by atoms with E-state index in [1.807, 2.05) is 42.5 Å². The number of halogens is 1. The molecule has 6 nitrogen and oxygen atoms in total. The van der Waals surface area contributed by atoms with Crippen molar-refractivity contribution in [1.82, 2.24) is 15.5 Å². The predicted molar refractivity (Wildman–Crippen MR) is 143 cm³/mol. The highest BCUT2D eigenvalue weighted by Crippen LogP contribution is 2.15. The van der Waals surface area contributed by atoms with Crippen LogP contribution in [0, 0.1) is 0 Å².